The zero-order valence-corrected chi connectivity index (χ0v) is 8.17. The normalized spacial score (nSPS) is 16.8. The van der Waals surface area contributed by atoms with E-state index in [0.29, 0.717) is 6.54 Å². The van der Waals surface area contributed by atoms with Crippen molar-refractivity contribution in [2.45, 2.75) is 26.7 Å². The molecule has 0 aromatic carbocycles. The van der Waals surface area contributed by atoms with Crippen LogP contribution >= 0.6 is 0 Å². The van der Waals surface area contributed by atoms with Crippen molar-refractivity contribution in [2.24, 2.45) is 0 Å². The Hall–Kier alpha value is -1.12. The van der Waals surface area contributed by atoms with Crippen LogP contribution in [0.4, 0.5) is 0 Å². The number of Topliss-reactive ketones (excluding diaryl/α,β-unsaturated/α-hetero) is 1. The SMILES string of the molecule is CC(=O)CC(=O)N1CCC=C(C)C1. The molecule has 13 heavy (non-hydrogen) atoms. The standard InChI is InChI=1S/C10H15NO2/c1-8-4-3-5-11(7-8)10(13)6-9(2)12/h4H,3,5-7H2,1-2H3. The van der Waals surface area contributed by atoms with E-state index in [2.05, 4.69) is 6.08 Å². The highest BCUT2D eigenvalue weighted by Gasteiger charge is 2.17. The van der Waals surface area contributed by atoms with Gasteiger partial charge in [0.15, 0.2) is 0 Å². The van der Waals surface area contributed by atoms with E-state index >= 15 is 0 Å². The molecule has 0 aromatic heterocycles. The summed E-state index contributed by atoms with van der Waals surface area (Å²) in [5, 5.41) is 0. The summed E-state index contributed by atoms with van der Waals surface area (Å²) in [5.74, 6) is -0.0999. The second kappa shape index (κ2) is 4.21. The minimum absolute atomic E-state index is 0.0417. The van der Waals surface area contributed by atoms with Crippen molar-refractivity contribution in [1.82, 2.24) is 4.90 Å². The van der Waals surface area contributed by atoms with Crippen LogP contribution in [0.15, 0.2) is 11.6 Å². The van der Waals surface area contributed by atoms with Crippen molar-refractivity contribution in [3.8, 4) is 0 Å². The number of amides is 1. The second-order valence-corrected chi connectivity index (χ2v) is 3.53. The largest absolute Gasteiger partial charge is 0.338 e. The molecule has 0 spiro atoms. The molecule has 0 aromatic rings. The maximum atomic E-state index is 11.4. The van der Waals surface area contributed by atoms with Gasteiger partial charge in [0, 0.05) is 13.1 Å². The van der Waals surface area contributed by atoms with Gasteiger partial charge in [0.05, 0.1) is 6.42 Å². The number of hydrogen-bond acceptors (Lipinski definition) is 2. The average Bonchev–Trinajstić information content (AvgIpc) is 2.03. The molecular weight excluding hydrogens is 166 g/mol. The first-order valence-corrected chi connectivity index (χ1v) is 4.52. The van der Waals surface area contributed by atoms with E-state index in [1.807, 2.05) is 6.92 Å². The third-order valence-electron chi connectivity index (χ3n) is 2.08. The molecular formula is C10H15NO2. The molecule has 0 saturated heterocycles. The van der Waals surface area contributed by atoms with E-state index in [4.69, 9.17) is 0 Å². The summed E-state index contributed by atoms with van der Waals surface area (Å²) in [6.07, 6.45) is 3.10. The summed E-state index contributed by atoms with van der Waals surface area (Å²) >= 11 is 0. The minimum Gasteiger partial charge on any atom is -0.338 e. The maximum Gasteiger partial charge on any atom is 0.230 e. The topological polar surface area (TPSA) is 37.4 Å². The molecule has 0 bridgehead atoms. The summed E-state index contributed by atoms with van der Waals surface area (Å²) < 4.78 is 0. The average molecular weight is 181 g/mol. The van der Waals surface area contributed by atoms with Crippen LogP contribution in [0.1, 0.15) is 26.7 Å². The summed E-state index contributed by atoms with van der Waals surface area (Å²) in [5.41, 5.74) is 1.21. The van der Waals surface area contributed by atoms with Gasteiger partial charge in [-0.3, -0.25) is 9.59 Å². The van der Waals surface area contributed by atoms with E-state index in [9.17, 15) is 9.59 Å². The van der Waals surface area contributed by atoms with Gasteiger partial charge in [-0.15, -0.1) is 0 Å². The van der Waals surface area contributed by atoms with Gasteiger partial charge in [0.25, 0.3) is 0 Å². The summed E-state index contributed by atoms with van der Waals surface area (Å²) in [6, 6.07) is 0. The van der Waals surface area contributed by atoms with Crippen molar-refractivity contribution in [3.63, 3.8) is 0 Å². The molecule has 1 aliphatic heterocycles. The molecule has 0 atom stereocenters. The van der Waals surface area contributed by atoms with E-state index < -0.39 is 0 Å². The first kappa shape index (κ1) is 9.96. The Bertz CT molecular complexity index is 256. The van der Waals surface area contributed by atoms with Crippen LogP contribution in [0.5, 0.6) is 0 Å². The minimum atomic E-state index is -0.0581. The summed E-state index contributed by atoms with van der Waals surface area (Å²) in [7, 11) is 0. The Morgan fingerprint density at radius 3 is 2.77 bits per heavy atom. The Morgan fingerprint density at radius 2 is 2.23 bits per heavy atom. The lowest BCUT2D eigenvalue weighted by molar-refractivity contribution is -0.134. The second-order valence-electron chi connectivity index (χ2n) is 3.53. The molecule has 3 nitrogen and oxygen atoms in total. The fourth-order valence-electron chi connectivity index (χ4n) is 1.45. The molecule has 1 amide bonds. The van der Waals surface area contributed by atoms with Gasteiger partial charge in [-0.1, -0.05) is 11.6 Å². The predicted molar refractivity (Wildman–Crippen MR) is 50.3 cm³/mol. The van der Waals surface area contributed by atoms with Crippen LogP contribution in [0, 0.1) is 0 Å². The van der Waals surface area contributed by atoms with Crippen LogP contribution in [0.3, 0.4) is 0 Å². The molecule has 0 fully saturated rings. The van der Waals surface area contributed by atoms with Crippen LogP contribution in [-0.2, 0) is 9.59 Å². The molecule has 1 rings (SSSR count). The van der Waals surface area contributed by atoms with Gasteiger partial charge in [-0.2, -0.15) is 0 Å². The quantitative estimate of drug-likeness (QED) is 0.473. The number of carbonyl (C=O) groups excluding carboxylic acids is 2. The van der Waals surface area contributed by atoms with Crippen molar-refractivity contribution >= 4 is 11.7 Å². The van der Waals surface area contributed by atoms with Crippen molar-refractivity contribution in [3.05, 3.63) is 11.6 Å². The lowest BCUT2D eigenvalue weighted by Gasteiger charge is -2.25. The fourth-order valence-corrected chi connectivity index (χ4v) is 1.45. The van der Waals surface area contributed by atoms with Crippen molar-refractivity contribution in [2.75, 3.05) is 13.1 Å². The number of nitrogens with zero attached hydrogens (tertiary/aromatic N) is 1. The first-order chi connectivity index (χ1) is 6.09. The molecule has 72 valence electrons. The first-order valence-electron chi connectivity index (χ1n) is 4.52. The number of carbonyl (C=O) groups is 2. The van der Waals surface area contributed by atoms with Crippen molar-refractivity contribution in [1.29, 1.82) is 0 Å². The van der Waals surface area contributed by atoms with Crippen LogP contribution < -0.4 is 0 Å². The van der Waals surface area contributed by atoms with Gasteiger partial charge in [-0.05, 0) is 20.3 Å². The van der Waals surface area contributed by atoms with Crippen LogP contribution in [0.2, 0.25) is 0 Å². The zero-order chi connectivity index (χ0) is 9.84. The molecule has 0 saturated carbocycles. The smallest absolute Gasteiger partial charge is 0.230 e. The monoisotopic (exact) mass is 181 g/mol. The Kier molecular flexibility index (Phi) is 3.23. The lowest BCUT2D eigenvalue weighted by atomic mass is 10.1. The lowest BCUT2D eigenvalue weighted by Crippen LogP contribution is -2.36. The third-order valence-corrected chi connectivity index (χ3v) is 2.08. The highest BCUT2D eigenvalue weighted by molar-refractivity contribution is 5.96. The molecule has 0 N–H and O–H groups in total. The Balaban J connectivity index is 2.49. The zero-order valence-electron chi connectivity index (χ0n) is 8.17. The van der Waals surface area contributed by atoms with E-state index in [0.717, 1.165) is 13.0 Å². The number of ketones is 1. The summed E-state index contributed by atoms with van der Waals surface area (Å²) in [6.45, 7) is 4.90. The highest BCUT2D eigenvalue weighted by Crippen LogP contribution is 2.09. The molecule has 1 heterocycles. The maximum absolute atomic E-state index is 11.4. The van der Waals surface area contributed by atoms with E-state index in [1.165, 1.54) is 12.5 Å². The van der Waals surface area contributed by atoms with Gasteiger partial charge in [0.1, 0.15) is 5.78 Å². The molecule has 0 aliphatic carbocycles. The molecule has 3 heteroatoms. The Labute approximate surface area is 78.4 Å². The van der Waals surface area contributed by atoms with Gasteiger partial charge < -0.3 is 4.90 Å². The van der Waals surface area contributed by atoms with Crippen molar-refractivity contribution < 1.29 is 9.59 Å². The third kappa shape index (κ3) is 3.01. The molecule has 1 aliphatic rings. The van der Waals surface area contributed by atoms with E-state index in [1.54, 1.807) is 4.90 Å². The number of hydrogen-bond donors (Lipinski definition) is 0. The van der Waals surface area contributed by atoms with Gasteiger partial charge >= 0.3 is 0 Å². The number of rotatable bonds is 2. The highest BCUT2D eigenvalue weighted by atomic mass is 16.2. The fraction of sp³-hybridized carbons (Fsp3) is 0.600. The van der Waals surface area contributed by atoms with Gasteiger partial charge in [0.2, 0.25) is 5.91 Å². The van der Waals surface area contributed by atoms with Crippen LogP contribution in [0.25, 0.3) is 0 Å². The Morgan fingerprint density at radius 1 is 1.54 bits per heavy atom. The molecule has 0 radical (unpaired) electrons. The van der Waals surface area contributed by atoms with Gasteiger partial charge in [-0.25, -0.2) is 0 Å². The summed E-state index contributed by atoms with van der Waals surface area (Å²) in [4.78, 5) is 23.9. The van der Waals surface area contributed by atoms with E-state index in [-0.39, 0.29) is 18.1 Å². The molecule has 0 unspecified atom stereocenters. The van der Waals surface area contributed by atoms with Crippen LogP contribution in [-0.4, -0.2) is 29.7 Å². The predicted octanol–water partition coefficient (Wildman–Crippen LogP) is 1.14.